The molecule has 2 aromatic carbocycles. The molecule has 0 heterocycles. The van der Waals surface area contributed by atoms with Crippen molar-refractivity contribution in [2.24, 2.45) is 4.99 Å². The lowest BCUT2D eigenvalue weighted by Gasteiger charge is -2.13. The Morgan fingerprint density at radius 3 is 2.24 bits per heavy atom. The molecule has 0 bridgehead atoms. The second-order valence-corrected chi connectivity index (χ2v) is 5.72. The molecule has 0 aliphatic heterocycles. The molecule has 0 saturated carbocycles. The van der Waals surface area contributed by atoms with E-state index in [-0.39, 0.29) is 18.2 Å². The van der Waals surface area contributed by atoms with Crippen LogP contribution in [0.25, 0.3) is 0 Å². The van der Waals surface area contributed by atoms with Crippen molar-refractivity contribution in [2.45, 2.75) is 26.6 Å². The zero-order valence-corrected chi connectivity index (χ0v) is 14.7. The summed E-state index contributed by atoms with van der Waals surface area (Å²) in [7, 11) is 3.19. The first-order valence-electron chi connectivity index (χ1n) is 7.99. The number of hydrogen-bond acceptors (Lipinski definition) is 2. The minimum Gasteiger partial charge on any atom is -0.380 e. The van der Waals surface area contributed by atoms with Crippen molar-refractivity contribution in [3.05, 3.63) is 70.3 Å². The molecule has 0 aliphatic rings. The van der Waals surface area contributed by atoms with Gasteiger partial charge in [-0.3, -0.25) is 4.99 Å². The Hall–Kier alpha value is -2.47. The molecule has 0 unspecified atom stereocenters. The zero-order valence-electron chi connectivity index (χ0n) is 14.7. The molecule has 2 rings (SSSR count). The molecule has 2 N–H and O–H groups in total. The number of rotatable bonds is 6. The van der Waals surface area contributed by atoms with Gasteiger partial charge in [0.25, 0.3) is 0 Å². The van der Waals surface area contributed by atoms with Gasteiger partial charge in [0.2, 0.25) is 0 Å². The van der Waals surface area contributed by atoms with E-state index in [1.165, 1.54) is 19.2 Å². The van der Waals surface area contributed by atoms with E-state index in [0.29, 0.717) is 30.2 Å². The van der Waals surface area contributed by atoms with Gasteiger partial charge >= 0.3 is 0 Å². The highest BCUT2D eigenvalue weighted by Crippen LogP contribution is 2.12. The Bertz CT molecular complexity index is 747. The first-order valence-corrected chi connectivity index (χ1v) is 7.99. The van der Waals surface area contributed by atoms with Crippen molar-refractivity contribution < 1.29 is 13.5 Å². The second kappa shape index (κ2) is 9.13. The summed E-state index contributed by atoms with van der Waals surface area (Å²) < 4.78 is 32.2. The topological polar surface area (TPSA) is 45.7 Å². The van der Waals surface area contributed by atoms with Crippen LogP contribution in [0, 0.1) is 18.6 Å². The van der Waals surface area contributed by atoms with Crippen LogP contribution < -0.4 is 10.6 Å². The third kappa shape index (κ3) is 5.53. The number of nitrogens with one attached hydrogen (secondary N) is 2. The predicted molar refractivity (Wildman–Crippen MR) is 95.3 cm³/mol. The zero-order chi connectivity index (χ0) is 18.2. The summed E-state index contributed by atoms with van der Waals surface area (Å²) in [5, 5.41) is 6.28. The molecule has 134 valence electrons. The van der Waals surface area contributed by atoms with Crippen LogP contribution in [0.15, 0.2) is 41.4 Å². The SMILES string of the molecule is CN=C(NCc1ccc(C)c(F)c1)NCc1ccc(F)c(COC)c1. The van der Waals surface area contributed by atoms with Gasteiger partial charge in [0.15, 0.2) is 5.96 Å². The van der Waals surface area contributed by atoms with E-state index in [1.807, 2.05) is 6.07 Å². The largest absolute Gasteiger partial charge is 0.380 e. The summed E-state index contributed by atoms with van der Waals surface area (Å²) in [6.45, 7) is 2.90. The maximum absolute atomic E-state index is 13.6. The highest BCUT2D eigenvalue weighted by Gasteiger charge is 2.05. The lowest BCUT2D eigenvalue weighted by molar-refractivity contribution is 0.181. The minimum atomic E-state index is -0.283. The van der Waals surface area contributed by atoms with E-state index < -0.39 is 0 Å². The van der Waals surface area contributed by atoms with Crippen LogP contribution in [0.5, 0.6) is 0 Å². The van der Waals surface area contributed by atoms with Crippen molar-refractivity contribution in [3.8, 4) is 0 Å². The van der Waals surface area contributed by atoms with E-state index in [2.05, 4.69) is 15.6 Å². The number of aryl methyl sites for hydroxylation is 1. The van der Waals surface area contributed by atoms with Crippen LogP contribution in [0.3, 0.4) is 0 Å². The van der Waals surface area contributed by atoms with Gasteiger partial charge in [0, 0.05) is 32.8 Å². The van der Waals surface area contributed by atoms with Gasteiger partial charge in [-0.1, -0.05) is 18.2 Å². The average Bonchev–Trinajstić information content (AvgIpc) is 2.61. The molecule has 4 nitrogen and oxygen atoms in total. The second-order valence-electron chi connectivity index (χ2n) is 5.72. The Morgan fingerprint density at radius 1 is 1.00 bits per heavy atom. The van der Waals surface area contributed by atoms with Crippen LogP contribution in [0.1, 0.15) is 22.3 Å². The number of halogens is 2. The van der Waals surface area contributed by atoms with E-state index >= 15 is 0 Å². The van der Waals surface area contributed by atoms with Gasteiger partial charge in [-0.05, 0) is 41.8 Å². The van der Waals surface area contributed by atoms with Gasteiger partial charge in [-0.15, -0.1) is 0 Å². The maximum atomic E-state index is 13.6. The molecule has 0 saturated heterocycles. The van der Waals surface area contributed by atoms with E-state index in [9.17, 15) is 8.78 Å². The molecule has 0 aromatic heterocycles. The number of guanidine groups is 1. The van der Waals surface area contributed by atoms with Crippen molar-refractivity contribution in [1.29, 1.82) is 0 Å². The summed E-state index contributed by atoms with van der Waals surface area (Å²) in [6, 6.07) is 10.0. The Labute approximate surface area is 146 Å². The summed E-state index contributed by atoms with van der Waals surface area (Å²) in [6.07, 6.45) is 0. The highest BCUT2D eigenvalue weighted by molar-refractivity contribution is 5.79. The standard InChI is InChI=1S/C19H23F2N3O/c1-13-4-5-15(9-18(13)21)11-24-19(22-2)23-10-14-6-7-17(20)16(8-14)12-25-3/h4-9H,10-12H2,1-3H3,(H2,22,23,24). The van der Waals surface area contributed by atoms with Gasteiger partial charge < -0.3 is 15.4 Å². The highest BCUT2D eigenvalue weighted by atomic mass is 19.1. The third-order valence-electron chi connectivity index (χ3n) is 3.79. The predicted octanol–water partition coefficient (Wildman–Crippen LogP) is 3.28. The van der Waals surface area contributed by atoms with Gasteiger partial charge in [-0.25, -0.2) is 8.78 Å². The molecule has 0 aliphatic carbocycles. The number of methoxy groups -OCH3 is 1. The smallest absolute Gasteiger partial charge is 0.191 e. The molecule has 0 atom stereocenters. The molecule has 0 amide bonds. The molecular formula is C19H23F2N3O. The number of hydrogen-bond donors (Lipinski definition) is 2. The van der Waals surface area contributed by atoms with Gasteiger partial charge in [0.1, 0.15) is 11.6 Å². The molecule has 25 heavy (non-hydrogen) atoms. The lowest BCUT2D eigenvalue weighted by atomic mass is 10.1. The molecule has 0 spiro atoms. The molecule has 0 fully saturated rings. The van der Waals surface area contributed by atoms with Crippen LogP contribution in [0.4, 0.5) is 8.78 Å². The third-order valence-corrected chi connectivity index (χ3v) is 3.79. The Morgan fingerprint density at radius 2 is 1.64 bits per heavy atom. The number of aliphatic imine (C=N–C) groups is 1. The molecular weight excluding hydrogens is 324 g/mol. The van der Waals surface area contributed by atoms with E-state index in [0.717, 1.165) is 11.1 Å². The van der Waals surface area contributed by atoms with Crippen molar-refractivity contribution in [2.75, 3.05) is 14.2 Å². The molecule has 2 aromatic rings. The molecule has 6 heteroatoms. The van der Waals surface area contributed by atoms with Crippen LogP contribution in [-0.4, -0.2) is 20.1 Å². The monoisotopic (exact) mass is 347 g/mol. The number of ether oxygens (including phenoxy) is 1. The fraction of sp³-hybridized carbons (Fsp3) is 0.316. The van der Waals surface area contributed by atoms with Crippen molar-refractivity contribution >= 4 is 5.96 Å². The first-order chi connectivity index (χ1) is 12.0. The van der Waals surface area contributed by atoms with Gasteiger partial charge in [0.05, 0.1) is 6.61 Å². The Balaban J connectivity index is 1.92. The van der Waals surface area contributed by atoms with Crippen molar-refractivity contribution in [3.63, 3.8) is 0 Å². The van der Waals surface area contributed by atoms with E-state index in [4.69, 9.17) is 4.74 Å². The van der Waals surface area contributed by atoms with Crippen LogP contribution in [0.2, 0.25) is 0 Å². The van der Waals surface area contributed by atoms with Crippen LogP contribution >= 0.6 is 0 Å². The van der Waals surface area contributed by atoms with Crippen molar-refractivity contribution in [1.82, 2.24) is 10.6 Å². The summed E-state index contributed by atoms with van der Waals surface area (Å²) >= 11 is 0. The fourth-order valence-electron chi connectivity index (χ4n) is 2.34. The average molecular weight is 347 g/mol. The minimum absolute atomic E-state index is 0.223. The van der Waals surface area contributed by atoms with Crippen LogP contribution in [-0.2, 0) is 24.4 Å². The quantitative estimate of drug-likeness (QED) is 0.623. The maximum Gasteiger partial charge on any atom is 0.191 e. The Kier molecular flexibility index (Phi) is 6.89. The van der Waals surface area contributed by atoms with Gasteiger partial charge in [-0.2, -0.15) is 0 Å². The van der Waals surface area contributed by atoms with E-state index in [1.54, 1.807) is 32.2 Å². The fourth-order valence-corrected chi connectivity index (χ4v) is 2.34. The summed E-state index contributed by atoms with van der Waals surface area (Å²) in [5.41, 5.74) is 2.88. The summed E-state index contributed by atoms with van der Waals surface area (Å²) in [4.78, 5) is 4.14. The summed E-state index contributed by atoms with van der Waals surface area (Å²) in [5.74, 6) is 0.0762. The normalized spacial score (nSPS) is 11.5. The lowest BCUT2D eigenvalue weighted by Crippen LogP contribution is -2.36. The number of benzene rings is 2. The first kappa shape index (κ1) is 18.9. The number of nitrogens with zero attached hydrogens (tertiary/aromatic N) is 1. The molecule has 0 radical (unpaired) electrons.